The van der Waals surface area contributed by atoms with Crippen molar-refractivity contribution in [2.75, 3.05) is 42.5 Å². The Morgan fingerprint density at radius 1 is 0.889 bits per heavy atom. The minimum absolute atomic E-state index is 0.0265. The van der Waals surface area contributed by atoms with Crippen LogP contribution in [0.1, 0.15) is 6.42 Å². The fourth-order valence-corrected chi connectivity index (χ4v) is 4.09. The van der Waals surface area contributed by atoms with Gasteiger partial charge >= 0.3 is 0 Å². The van der Waals surface area contributed by atoms with Gasteiger partial charge in [0, 0.05) is 55.0 Å². The maximum atomic E-state index is 12.9. The van der Waals surface area contributed by atoms with Crippen molar-refractivity contribution in [2.45, 2.75) is 6.42 Å². The van der Waals surface area contributed by atoms with Crippen molar-refractivity contribution in [3.63, 3.8) is 0 Å². The molecule has 2 saturated heterocycles. The molecule has 0 N–H and O–H groups in total. The number of hydrogen-bond acceptors (Lipinski definition) is 3. The highest BCUT2D eigenvalue weighted by Crippen LogP contribution is 2.28. The summed E-state index contributed by atoms with van der Waals surface area (Å²) in [6.45, 7) is 3.53. The van der Waals surface area contributed by atoms with Gasteiger partial charge in [0.15, 0.2) is 0 Å². The lowest BCUT2D eigenvalue weighted by Gasteiger charge is -2.37. The standard InChI is InChI=1S/C21H22BrN3O2/c22-17-6-8-19(9-7-17)25-15-16(14-20(25)26)21(27)24-12-10-23(11-13-24)18-4-2-1-3-5-18/h1-9,16H,10-15H2/t16-/m0/s1. The number of carbonyl (C=O) groups is 2. The lowest BCUT2D eigenvalue weighted by molar-refractivity contribution is -0.136. The molecular weight excluding hydrogens is 406 g/mol. The minimum atomic E-state index is -0.246. The fourth-order valence-electron chi connectivity index (χ4n) is 3.83. The largest absolute Gasteiger partial charge is 0.368 e. The molecule has 4 rings (SSSR count). The van der Waals surface area contributed by atoms with Gasteiger partial charge < -0.3 is 14.7 Å². The summed E-state index contributed by atoms with van der Waals surface area (Å²) in [6.07, 6.45) is 0.299. The second-order valence-corrected chi connectivity index (χ2v) is 7.95. The van der Waals surface area contributed by atoms with E-state index in [1.807, 2.05) is 47.4 Å². The predicted molar refractivity (Wildman–Crippen MR) is 110 cm³/mol. The van der Waals surface area contributed by atoms with Crippen LogP contribution >= 0.6 is 15.9 Å². The van der Waals surface area contributed by atoms with Gasteiger partial charge in [-0.25, -0.2) is 0 Å². The molecule has 0 bridgehead atoms. The Labute approximate surface area is 167 Å². The van der Waals surface area contributed by atoms with E-state index in [9.17, 15) is 9.59 Å². The zero-order valence-corrected chi connectivity index (χ0v) is 16.6. The number of halogens is 1. The predicted octanol–water partition coefficient (Wildman–Crippen LogP) is 3.15. The Bertz CT molecular complexity index is 817. The molecule has 2 aromatic carbocycles. The molecular formula is C21H22BrN3O2. The average molecular weight is 428 g/mol. The summed E-state index contributed by atoms with van der Waals surface area (Å²) in [4.78, 5) is 31.3. The molecule has 140 valence electrons. The molecule has 1 atom stereocenters. The topological polar surface area (TPSA) is 43.9 Å². The SMILES string of the molecule is O=C([C@H]1CC(=O)N(c2ccc(Br)cc2)C1)N1CCN(c2ccccc2)CC1. The molecule has 6 heteroatoms. The van der Waals surface area contributed by atoms with Crippen LogP contribution in [-0.4, -0.2) is 49.4 Å². The number of carbonyl (C=O) groups excluding carboxylic acids is 2. The van der Waals surface area contributed by atoms with Gasteiger partial charge in [-0.15, -0.1) is 0 Å². The maximum absolute atomic E-state index is 12.9. The first-order valence-corrected chi connectivity index (χ1v) is 10.1. The molecule has 2 amide bonds. The molecule has 0 aromatic heterocycles. The number of amides is 2. The van der Waals surface area contributed by atoms with Crippen molar-refractivity contribution in [1.29, 1.82) is 0 Å². The van der Waals surface area contributed by atoms with E-state index < -0.39 is 0 Å². The molecule has 2 aromatic rings. The lowest BCUT2D eigenvalue weighted by Crippen LogP contribution is -2.50. The van der Waals surface area contributed by atoms with Crippen molar-refractivity contribution in [3.05, 3.63) is 59.1 Å². The summed E-state index contributed by atoms with van der Waals surface area (Å²) in [5.41, 5.74) is 2.05. The summed E-state index contributed by atoms with van der Waals surface area (Å²) in [5.74, 6) is -0.112. The van der Waals surface area contributed by atoms with Crippen LogP contribution < -0.4 is 9.80 Å². The van der Waals surface area contributed by atoms with Crippen LogP contribution in [0.4, 0.5) is 11.4 Å². The Balaban J connectivity index is 1.36. The van der Waals surface area contributed by atoms with Gasteiger partial charge in [0.1, 0.15) is 0 Å². The van der Waals surface area contributed by atoms with E-state index in [-0.39, 0.29) is 17.7 Å². The molecule has 0 aliphatic carbocycles. The van der Waals surface area contributed by atoms with E-state index in [1.165, 1.54) is 5.69 Å². The fraction of sp³-hybridized carbons (Fsp3) is 0.333. The zero-order chi connectivity index (χ0) is 18.8. The highest BCUT2D eigenvalue weighted by atomic mass is 79.9. The van der Waals surface area contributed by atoms with Crippen molar-refractivity contribution in [2.24, 2.45) is 5.92 Å². The van der Waals surface area contributed by atoms with Crippen molar-refractivity contribution in [3.8, 4) is 0 Å². The molecule has 0 spiro atoms. The Kier molecular flexibility index (Phi) is 5.16. The lowest BCUT2D eigenvalue weighted by atomic mass is 10.1. The average Bonchev–Trinajstić information content (AvgIpc) is 3.10. The zero-order valence-electron chi connectivity index (χ0n) is 15.1. The van der Waals surface area contributed by atoms with Crippen LogP contribution in [0.3, 0.4) is 0 Å². The van der Waals surface area contributed by atoms with E-state index in [1.54, 1.807) is 4.90 Å². The normalized spacial score (nSPS) is 20.3. The second-order valence-electron chi connectivity index (χ2n) is 7.03. The molecule has 5 nitrogen and oxygen atoms in total. The van der Waals surface area contributed by atoms with E-state index >= 15 is 0 Å². The molecule has 2 aliphatic rings. The van der Waals surface area contributed by atoms with Crippen LogP contribution in [0.15, 0.2) is 59.1 Å². The van der Waals surface area contributed by atoms with Crippen LogP contribution in [0.5, 0.6) is 0 Å². The molecule has 0 unspecified atom stereocenters. The van der Waals surface area contributed by atoms with Gasteiger partial charge in [-0.2, -0.15) is 0 Å². The maximum Gasteiger partial charge on any atom is 0.228 e. The Hall–Kier alpha value is -2.34. The number of piperazine rings is 1. The number of para-hydroxylation sites is 1. The van der Waals surface area contributed by atoms with Gasteiger partial charge in [0.05, 0.1) is 5.92 Å². The Morgan fingerprint density at radius 3 is 2.22 bits per heavy atom. The molecule has 0 saturated carbocycles. The van der Waals surface area contributed by atoms with Crippen LogP contribution in [0.25, 0.3) is 0 Å². The summed E-state index contributed by atoms with van der Waals surface area (Å²) in [5, 5.41) is 0. The van der Waals surface area contributed by atoms with Gasteiger partial charge in [-0.3, -0.25) is 9.59 Å². The first-order chi connectivity index (χ1) is 13.1. The summed E-state index contributed by atoms with van der Waals surface area (Å²) in [7, 11) is 0. The third-order valence-electron chi connectivity index (χ3n) is 5.33. The number of benzene rings is 2. The third kappa shape index (κ3) is 3.86. The van der Waals surface area contributed by atoms with Crippen LogP contribution in [0, 0.1) is 5.92 Å². The van der Waals surface area contributed by atoms with Gasteiger partial charge in [-0.05, 0) is 36.4 Å². The minimum Gasteiger partial charge on any atom is -0.368 e. The highest BCUT2D eigenvalue weighted by molar-refractivity contribution is 9.10. The van der Waals surface area contributed by atoms with Gasteiger partial charge in [0.2, 0.25) is 11.8 Å². The number of anilines is 2. The van der Waals surface area contributed by atoms with E-state index in [0.717, 1.165) is 23.2 Å². The molecule has 27 heavy (non-hydrogen) atoms. The quantitative estimate of drug-likeness (QED) is 0.755. The first kappa shape index (κ1) is 18.0. The second kappa shape index (κ2) is 7.72. The van der Waals surface area contributed by atoms with Crippen LogP contribution in [0.2, 0.25) is 0 Å². The number of rotatable bonds is 3. The smallest absolute Gasteiger partial charge is 0.228 e. The summed E-state index contributed by atoms with van der Waals surface area (Å²) < 4.78 is 0.974. The summed E-state index contributed by atoms with van der Waals surface area (Å²) >= 11 is 3.41. The van der Waals surface area contributed by atoms with Crippen LogP contribution in [-0.2, 0) is 9.59 Å². The van der Waals surface area contributed by atoms with Crippen molar-refractivity contribution < 1.29 is 9.59 Å². The van der Waals surface area contributed by atoms with E-state index in [4.69, 9.17) is 0 Å². The summed E-state index contributed by atoms with van der Waals surface area (Å²) in [6, 6.07) is 17.9. The number of nitrogens with zero attached hydrogens (tertiary/aromatic N) is 3. The third-order valence-corrected chi connectivity index (χ3v) is 5.85. The molecule has 0 radical (unpaired) electrons. The monoisotopic (exact) mass is 427 g/mol. The molecule has 2 aliphatic heterocycles. The van der Waals surface area contributed by atoms with E-state index in [2.05, 4.69) is 33.0 Å². The Morgan fingerprint density at radius 2 is 1.56 bits per heavy atom. The van der Waals surface area contributed by atoms with E-state index in [0.29, 0.717) is 26.1 Å². The van der Waals surface area contributed by atoms with Crippen molar-refractivity contribution in [1.82, 2.24) is 4.90 Å². The van der Waals surface area contributed by atoms with Crippen molar-refractivity contribution >= 4 is 39.1 Å². The first-order valence-electron chi connectivity index (χ1n) is 9.26. The highest BCUT2D eigenvalue weighted by Gasteiger charge is 2.37. The molecule has 2 fully saturated rings. The van der Waals surface area contributed by atoms with Gasteiger partial charge in [0.25, 0.3) is 0 Å². The van der Waals surface area contributed by atoms with Gasteiger partial charge in [-0.1, -0.05) is 34.1 Å². The molecule has 2 heterocycles. The number of hydrogen-bond donors (Lipinski definition) is 0.